The van der Waals surface area contributed by atoms with E-state index >= 15 is 0 Å². The van der Waals surface area contributed by atoms with E-state index in [1.54, 1.807) is 0 Å². The number of aryl methyl sites for hydroxylation is 1. The standard InChI is InChI=1S/C15H20ClNO.C2H2O4/c1-4-8-17(9-5-2)10-11-18-15-12-13(3)6-7-14(15)16;3-1(4)2(5)6/h4-7,12H,1-2,8-11H2,3H3;(H,3,4)(H,5,6). The van der Waals surface area contributed by atoms with Gasteiger partial charge in [0.25, 0.3) is 0 Å². The van der Waals surface area contributed by atoms with Gasteiger partial charge in [-0.2, -0.15) is 0 Å². The van der Waals surface area contributed by atoms with Gasteiger partial charge in [0.2, 0.25) is 0 Å². The van der Waals surface area contributed by atoms with Crippen LogP contribution in [0.2, 0.25) is 5.02 Å². The third-order valence-electron chi connectivity index (χ3n) is 2.71. The highest BCUT2D eigenvalue weighted by atomic mass is 35.5. The number of ether oxygens (including phenoxy) is 1. The molecule has 0 fully saturated rings. The van der Waals surface area contributed by atoms with Crippen LogP contribution in [-0.2, 0) is 9.59 Å². The molecule has 0 saturated heterocycles. The van der Waals surface area contributed by atoms with Crippen LogP contribution in [0.5, 0.6) is 5.75 Å². The second-order valence-corrected chi connectivity index (χ2v) is 5.14. The lowest BCUT2D eigenvalue weighted by Gasteiger charge is -2.19. The van der Waals surface area contributed by atoms with E-state index in [4.69, 9.17) is 36.1 Å². The van der Waals surface area contributed by atoms with Gasteiger partial charge in [-0.25, -0.2) is 9.59 Å². The number of benzene rings is 1. The molecule has 1 aromatic carbocycles. The molecule has 0 aliphatic heterocycles. The molecule has 0 aliphatic rings. The van der Waals surface area contributed by atoms with E-state index in [1.165, 1.54) is 0 Å². The Morgan fingerprint density at radius 2 is 1.75 bits per heavy atom. The average Bonchev–Trinajstić information content (AvgIpc) is 2.51. The zero-order valence-corrected chi connectivity index (χ0v) is 14.3. The molecule has 0 atom stereocenters. The monoisotopic (exact) mass is 355 g/mol. The molecule has 1 aromatic rings. The number of carbonyl (C=O) groups is 2. The van der Waals surface area contributed by atoms with Crippen molar-refractivity contribution in [1.82, 2.24) is 4.90 Å². The summed E-state index contributed by atoms with van der Waals surface area (Å²) < 4.78 is 5.70. The van der Waals surface area contributed by atoms with E-state index in [9.17, 15) is 0 Å². The van der Waals surface area contributed by atoms with Gasteiger partial charge in [-0.3, -0.25) is 4.90 Å². The van der Waals surface area contributed by atoms with Crippen molar-refractivity contribution in [2.75, 3.05) is 26.2 Å². The van der Waals surface area contributed by atoms with Gasteiger partial charge in [0.15, 0.2) is 0 Å². The van der Waals surface area contributed by atoms with Crippen LogP contribution in [0.25, 0.3) is 0 Å². The molecule has 0 aromatic heterocycles. The van der Waals surface area contributed by atoms with Gasteiger partial charge in [-0.1, -0.05) is 29.8 Å². The second kappa shape index (κ2) is 12.2. The molecular formula is C17H22ClNO5. The van der Waals surface area contributed by atoms with Gasteiger partial charge < -0.3 is 14.9 Å². The van der Waals surface area contributed by atoms with Crippen LogP contribution in [-0.4, -0.2) is 53.3 Å². The summed E-state index contributed by atoms with van der Waals surface area (Å²) in [6.07, 6.45) is 3.76. The van der Waals surface area contributed by atoms with E-state index < -0.39 is 11.9 Å². The Hall–Kier alpha value is -2.31. The number of carboxylic acid groups (broad SMARTS) is 2. The van der Waals surface area contributed by atoms with Crippen molar-refractivity contribution >= 4 is 23.5 Å². The molecule has 6 nitrogen and oxygen atoms in total. The molecule has 0 unspecified atom stereocenters. The van der Waals surface area contributed by atoms with Gasteiger partial charge in [0.05, 0.1) is 5.02 Å². The summed E-state index contributed by atoms with van der Waals surface area (Å²) in [5.41, 5.74) is 1.14. The van der Waals surface area contributed by atoms with Gasteiger partial charge in [0, 0.05) is 19.6 Å². The van der Waals surface area contributed by atoms with E-state index in [2.05, 4.69) is 18.1 Å². The fourth-order valence-electron chi connectivity index (χ4n) is 1.63. The van der Waals surface area contributed by atoms with E-state index in [0.29, 0.717) is 11.6 Å². The van der Waals surface area contributed by atoms with Crippen LogP contribution in [0.4, 0.5) is 0 Å². The first-order valence-corrected chi connectivity index (χ1v) is 7.48. The van der Waals surface area contributed by atoms with Crippen molar-refractivity contribution in [1.29, 1.82) is 0 Å². The molecule has 0 saturated carbocycles. The molecular weight excluding hydrogens is 334 g/mol. The molecule has 0 amide bonds. The van der Waals surface area contributed by atoms with Gasteiger partial charge in [-0.05, 0) is 24.6 Å². The Kier molecular flexibility index (Phi) is 11.0. The topological polar surface area (TPSA) is 87.1 Å². The predicted octanol–water partition coefficient (Wildman–Crippen LogP) is 2.86. The number of aliphatic carboxylic acids is 2. The molecule has 7 heteroatoms. The lowest BCUT2D eigenvalue weighted by molar-refractivity contribution is -0.159. The number of rotatable bonds is 8. The van der Waals surface area contributed by atoms with Crippen molar-refractivity contribution in [3.8, 4) is 5.75 Å². The molecule has 132 valence electrons. The van der Waals surface area contributed by atoms with E-state index in [1.807, 2.05) is 37.3 Å². The minimum Gasteiger partial charge on any atom is -0.491 e. The fourth-order valence-corrected chi connectivity index (χ4v) is 1.80. The van der Waals surface area contributed by atoms with E-state index in [0.717, 1.165) is 30.9 Å². The maximum atomic E-state index is 9.10. The molecule has 0 aliphatic carbocycles. The van der Waals surface area contributed by atoms with Gasteiger partial charge >= 0.3 is 11.9 Å². The first-order chi connectivity index (χ1) is 11.3. The largest absolute Gasteiger partial charge is 0.491 e. The van der Waals surface area contributed by atoms with Crippen LogP contribution in [0.15, 0.2) is 43.5 Å². The highest BCUT2D eigenvalue weighted by Gasteiger charge is 2.04. The Bertz CT molecular complexity index is 552. The Morgan fingerprint density at radius 3 is 2.21 bits per heavy atom. The summed E-state index contributed by atoms with van der Waals surface area (Å²) in [6, 6.07) is 5.78. The molecule has 0 bridgehead atoms. The molecule has 1 rings (SSSR count). The zero-order valence-electron chi connectivity index (χ0n) is 13.6. The summed E-state index contributed by atoms with van der Waals surface area (Å²) in [7, 11) is 0. The first-order valence-electron chi connectivity index (χ1n) is 7.11. The van der Waals surface area contributed by atoms with Gasteiger partial charge in [0.1, 0.15) is 12.4 Å². The second-order valence-electron chi connectivity index (χ2n) is 4.73. The van der Waals surface area contributed by atoms with Crippen molar-refractivity contribution in [2.45, 2.75) is 6.92 Å². The highest BCUT2D eigenvalue weighted by Crippen LogP contribution is 2.25. The summed E-state index contributed by atoms with van der Waals surface area (Å²) in [6.45, 7) is 12.6. The third kappa shape index (κ3) is 9.66. The number of hydrogen-bond donors (Lipinski definition) is 2. The number of halogens is 1. The summed E-state index contributed by atoms with van der Waals surface area (Å²) >= 11 is 6.06. The van der Waals surface area contributed by atoms with Crippen molar-refractivity contribution in [3.05, 3.63) is 54.1 Å². The molecule has 2 N–H and O–H groups in total. The Balaban J connectivity index is 0.000000754. The van der Waals surface area contributed by atoms with E-state index in [-0.39, 0.29) is 0 Å². The van der Waals surface area contributed by atoms with Gasteiger partial charge in [-0.15, -0.1) is 13.2 Å². The Labute approximate surface area is 146 Å². The first kappa shape index (κ1) is 21.7. The lowest BCUT2D eigenvalue weighted by atomic mass is 10.2. The maximum absolute atomic E-state index is 9.10. The number of carboxylic acids is 2. The molecule has 0 heterocycles. The minimum atomic E-state index is -1.82. The van der Waals surface area contributed by atoms with Crippen molar-refractivity contribution in [3.63, 3.8) is 0 Å². The minimum absolute atomic E-state index is 0.602. The quantitative estimate of drug-likeness (QED) is 0.550. The summed E-state index contributed by atoms with van der Waals surface area (Å²) in [4.78, 5) is 20.4. The van der Waals surface area contributed by atoms with Crippen LogP contribution in [0.3, 0.4) is 0 Å². The molecule has 24 heavy (non-hydrogen) atoms. The van der Waals surface area contributed by atoms with Crippen molar-refractivity contribution in [2.24, 2.45) is 0 Å². The zero-order chi connectivity index (χ0) is 18.5. The summed E-state index contributed by atoms with van der Waals surface area (Å²) in [5.74, 6) is -2.90. The number of hydrogen-bond acceptors (Lipinski definition) is 4. The number of nitrogens with zero attached hydrogens (tertiary/aromatic N) is 1. The van der Waals surface area contributed by atoms with Crippen LogP contribution in [0.1, 0.15) is 5.56 Å². The van der Waals surface area contributed by atoms with Crippen LogP contribution < -0.4 is 4.74 Å². The lowest BCUT2D eigenvalue weighted by Crippen LogP contribution is -2.28. The average molecular weight is 356 g/mol. The molecule has 0 radical (unpaired) electrons. The van der Waals surface area contributed by atoms with Crippen molar-refractivity contribution < 1.29 is 24.5 Å². The predicted molar refractivity (Wildman–Crippen MR) is 93.8 cm³/mol. The SMILES string of the molecule is C=CCN(CC=C)CCOc1cc(C)ccc1Cl.O=C(O)C(=O)O. The molecule has 0 spiro atoms. The normalized spacial score (nSPS) is 9.62. The van der Waals surface area contributed by atoms with Crippen LogP contribution >= 0.6 is 11.6 Å². The van der Waals surface area contributed by atoms with Crippen LogP contribution in [0, 0.1) is 6.92 Å². The smallest absolute Gasteiger partial charge is 0.414 e. The highest BCUT2D eigenvalue weighted by molar-refractivity contribution is 6.32. The Morgan fingerprint density at radius 1 is 1.21 bits per heavy atom. The third-order valence-corrected chi connectivity index (χ3v) is 3.02. The fraction of sp³-hybridized carbons (Fsp3) is 0.294. The maximum Gasteiger partial charge on any atom is 0.414 e. The summed E-state index contributed by atoms with van der Waals surface area (Å²) in [5, 5.41) is 15.4.